The molecule has 3 aliphatic rings. The second-order valence-corrected chi connectivity index (χ2v) is 10.7. The quantitative estimate of drug-likeness (QED) is 0.338. The molecule has 39 heavy (non-hydrogen) atoms. The van der Waals surface area contributed by atoms with Crippen LogP contribution in [0.1, 0.15) is 44.1 Å². The normalized spacial score (nSPS) is 18.3. The van der Waals surface area contributed by atoms with Gasteiger partial charge in [-0.25, -0.2) is 13.8 Å². The molecule has 2 aromatic heterocycles. The first-order chi connectivity index (χ1) is 18.9. The van der Waals surface area contributed by atoms with Gasteiger partial charge in [0, 0.05) is 43.0 Å². The van der Waals surface area contributed by atoms with E-state index in [0.717, 1.165) is 12.8 Å². The van der Waals surface area contributed by atoms with Crippen molar-refractivity contribution in [1.29, 1.82) is 0 Å². The summed E-state index contributed by atoms with van der Waals surface area (Å²) in [5, 5.41) is 10.9. The summed E-state index contributed by atoms with van der Waals surface area (Å²) in [7, 11) is 0. The van der Waals surface area contributed by atoms with Gasteiger partial charge < -0.3 is 25.1 Å². The van der Waals surface area contributed by atoms with E-state index in [1.807, 2.05) is 4.90 Å². The molecule has 10 nitrogen and oxygen atoms in total. The smallest absolute Gasteiger partial charge is 0.275 e. The number of carbonyl (C=O) groups excluding carboxylic acids is 1. The van der Waals surface area contributed by atoms with E-state index in [-0.39, 0.29) is 45.8 Å². The van der Waals surface area contributed by atoms with Crippen molar-refractivity contribution in [2.45, 2.75) is 44.6 Å². The largest absolute Gasteiger partial charge is 0.381 e. The van der Waals surface area contributed by atoms with E-state index in [0.29, 0.717) is 68.6 Å². The lowest BCUT2D eigenvalue weighted by atomic mass is 9.87. The molecule has 1 saturated carbocycles. The minimum absolute atomic E-state index is 0.0409. The third-order valence-corrected chi connectivity index (χ3v) is 7.84. The van der Waals surface area contributed by atoms with Crippen LogP contribution in [0.4, 0.5) is 37.7 Å². The van der Waals surface area contributed by atoms with Crippen molar-refractivity contribution in [1.82, 2.24) is 19.6 Å². The van der Waals surface area contributed by atoms with Gasteiger partial charge in [-0.15, -0.1) is 4.52 Å². The number of piperidine rings is 1. The van der Waals surface area contributed by atoms with Crippen LogP contribution in [0.15, 0.2) is 18.3 Å². The first-order valence-corrected chi connectivity index (χ1v) is 13.4. The maximum atomic E-state index is 13.9. The zero-order chi connectivity index (χ0) is 27.1. The van der Waals surface area contributed by atoms with Gasteiger partial charge >= 0.3 is 0 Å². The SMILES string of the molecule is [C-]#[N+]c1cnc2c(NC3CC3)nc(Nc3cc(C(F)F)cc(N4CCC(C(=O)CC5COC5)CC4)c3Cl)nn12. The Morgan fingerprint density at radius 1 is 1.23 bits per heavy atom. The molecule has 1 aliphatic carbocycles. The van der Waals surface area contributed by atoms with Gasteiger partial charge in [0.25, 0.3) is 23.8 Å². The Bertz CT molecular complexity index is 1440. The van der Waals surface area contributed by atoms with Gasteiger partial charge in [0.15, 0.2) is 5.82 Å². The predicted octanol–water partition coefficient (Wildman–Crippen LogP) is 5.41. The van der Waals surface area contributed by atoms with Crippen LogP contribution in [0.25, 0.3) is 10.5 Å². The van der Waals surface area contributed by atoms with Gasteiger partial charge in [0.05, 0.1) is 35.8 Å². The number of nitrogens with zero attached hydrogens (tertiary/aromatic N) is 6. The summed E-state index contributed by atoms with van der Waals surface area (Å²) in [6.45, 7) is 9.78. The fraction of sp³-hybridized carbons (Fsp3) is 0.500. The molecule has 2 saturated heterocycles. The zero-order valence-electron chi connectivity index (χ0n) is 21.0. The van der Waals surface area contributed by atoms with Crippen molar-refractivity contribution in [2.24, 2.45) is 11.8 Å². The number of anilines is 4. The molecule has 204 valence electrons. The van der Waals surface area contributed by atoms with E-state index >= 15 is 0 Å². The van der Waals surface area contributed by atoms with Crippen molar-refractivity contribution in [2.75, 3.05) is 41.8 Å². The summed E-state index contributed by atoms with van der Waals surface area (Å²) in [4.78, 5) is 26.9. The highest BCUT2D eigenvalue weighted by Crippen LogP contribution is 2.40. The number of alkyl halides is 2. The Kier molecular flexibility index (Phi) is 6.95. The lowest BCUT2D eigenvalue weighted by molar-refractivity contribution is -0.128. The van der Waals surface area contributed by atoms with Crippen molar-refractivity contribution < 1.29 is 18.3 Å². The van der Waals surface area contributed by atoms with Crippen LogP contribution in [0.2, 0.25) is 5.02 Å². The van der Waals surface area contributed by atoms with Crippen LogP contribution in [0.5, 0.6) is 0 Å². The van der Waals surface area contributed by atoms with Gasteiger partial charge in [-0.3, -0.25) is 4.79 Å². The molecule has 3 fully saturated rings. The highest BCUT2D eigenvalue weighted by Gasteiger charge is 2.31. The van der Waals surface area contributed by atoms with Crippen LogP contribution in [-0.2, 0) is 9.53 Å². The lowest BCUT2D eigenvalue weighted by Crippen LogP contribution is -2.38. The Labute approximate surface area is 228 Å². The van der Waals surface area contributed by atoms with Crippen molar-refractivity contribution in [3.8, 4) is 0 Å². The number of hydrogen-bond donors (Lipinski definition) is 2. The Hall–Kier alpha value is -3.56. The Morgan fingerprint density at radius 2 is 2.00 bits per heavy atom. The molecule has 0 amide bonds. The van der Waals surface area contributed by atoms with E-state index < -0.39 is 6.43 Å². The third-order valence-electron chi connectivity index (χ3n) is 7.44. The van der Waals surface area contributed by atoms with Crippen LogP contribution in [0, 0.1) is 18.4 Å². The molecule has 1 aromatic carbocycles. The molecule has 2 aliphatic heterocycles. The first kappa shape index (κ1) is 25.7. The van der Waals surface area contributed by atoms with E-state index in [1.54, 1.807) is 0 Å². The summed E-state index contributed by atoms with van der Waals surface area (Å²) in [6.07, 6.45) is 2.50. The number of fused-ring (bicyclic) bond motifs is 1. The molecule has 0 spiro atoms. The molecule has 4 heterocycles. The number of hydrogen-bond acceptors (Lipinski definition) is 8. The molecule has 0 atom stereocenters. The number of carbonyl (C=O) groups is 1. The monoisotopic (exact) mass is 556 g/mol. The van der Waals surface area contributed by atoms with Crippen LogP contribution in [-0.4, -0.2) is 57.7 Å². The van der Waals surface area contributed by atoms with E-state index in [1.165, 1.54) is 22.8 Å². The predicted molar refractivity (Wildman–Crippen MR) is 142 cm³/mol. The Balaban J connectivity index is 1.26. The maximum Gasteiger partial charge on any atom is 0.275 e. The fourth-order valence-electron chi connectivity index (χ4n) is 5.01. The van der Waals surface area contributed by atoms with Crippen molar-refractivity contribution in [3.05, 3.63) is 40.3 Å². The molecule has 2 N–H and O–H groups in total. The van der Waals surface area contributed by atoms with Gasteiger partial charge in [-0.05, 0) is 37.8 Å². The second-order valence-electron chi connectivity index (χ2n) is 10.3. The summed E-state index contributed by atoms with van der Waals surface area (Å²) >= 11 is 6.78. The first-order valence-electron chi connectivity index (χ1n) is 13.0. The highest BCUT2D eigenvalue weighted by molar-refractivity contribution is 6.36. The number of ketones is 1. The molecule has 0 radical (unpaired) electrons. The van der Waals surface area contributed by atoms with Gasteiger partial charge in [0.1, 0.15) is 5.78 Å². The highest BCUT2D eigenvalue weighted by atomic mass is 35.5. The topological polar surface area (TPSA) is 101 Å². The zero-order valence-corrected chi connectivity index (χ0v) is 21.8. The summed E-state index contributed by atoms with van der Waals surface area (Å²) in [5.41, 5.74) is 0.918. The number of benzene rings is 1. The van der Waals surface area contributed by atoms with Crippen LogP contribution < -0.4 is 15.5 Å². The van der Waals surface area contributed by atoms with Crippen LogP contribution >= 0.6 is 11.6 Å². The maximum absolute atomic E-state index is 13.9. The van der Waals surface area contributed by atoms with Crippen LogP contribution in [0.3, 0.4) is 0 Å². The summed E-state index contributed by atoms with van der Waals surface area (Å²) < 4.78 is 34.4. The third kappa shape index (κ3) is 5.33. The fourth-order valence-corrected chi connectivity index (χ4v) is 5.29. The van der Waals surface area contributed by atoms with Crippen molar-refractivity contribution >= 4 is 52.0 Å². The molecule has 3 aromatic rings. The average molecular weight is 557 g/mol. The minimum atomic E-state index is -2.72. The number of imidazole rings is 1. The van der Waals surface area contributed by atoms with E-state index in [9.17, 15) is 13.6 Å². The lowest BCUT2D eigenvalue weighted by Gasteiger charge is -2.35. The number of ether oxygens (including phenoxy) is 1. The molecule has 13 heteroatoms. The second kappa shape index (κ2) is 10.5. The van der Waals surface area contributed by atoms with Gasteiger partial charge in [-0.2, -0.15) is 4.98 Å². The number of halogens is 3. The minimum Gasteiger partial charge on any atom is -0.381 e. The summed E-state index contributed by atoms with van der Waals surface area (Å²) in [6, 6.07) is 2.96. The molecule has 0 unspecified atom stereocenters. The number of Topliss-reactive ketones (excluding diaryl/α,β-unsaturated/α-hetero) is 1. The van der Waals surface area contributed by atoms with Gasteiger partial charge in [-0.1, -0.05) is 23.3 Å². The van der Waals surface area contributed by atoms with Crippen molar-refractivity contribution in [3.63, 3.8) is 0 Å². The molecule has 6 rings (SSSR count). The Morgan fingerprint density at radius 3 is 2.64 bits per heavy atom. The van der Waals surface area contributed by atoms with Gasteiger partial charge in [0.2, 0.25) is 0 Å². The molecule has 0 bridgehead atoms. The average Bonchev–Trinajstić information content (AvgIpc) is 3.63. The molecular weight excluding hydrogens is 530 g/mol. The van der Waals surface area contributed by atoms with E-state index in [4.69, 9.17) is 22.9 Å². The number of rotatable bonds is 9. The van der Waals surface area contributed by atoms with E-state index in [2.05, 4.69) is 30.5 Å². The summed E-state index contributed by atoms with van der Waals surface area (Å²) in [5.74, 6) is 1.27. The standard InChI is InChI=1S/C26H27ClF2N8O2/c1-30-21-11-31-25-24(32-17-2-3-17)34-26(35-37(21)25)33-18-9-16(23(28)29)10-19(22(18)27)36-6-4-15(5-7-36)20(38)8-14-12-39-13-14/h9-11,14-15,17,23H,2-8,12-13H2,(H2,32,33,34,35). The number of nitrogens with one attached hydrogen (secondary N) is 2. The molecular formula is C26H27ClF2N8O2. The number of aromatic nitrogens is 4.